The van der Waals surface area contributed by atoms with Crippen LogP contribution in [0.5, 0.6) is 0 Å². The van der Waals surface area contributed by atoms with Crippen LogP contribution in [0.25, 0.3) is 10.8 Å². The van der Waals surface area contributed by atoms with Crippen LogP contribution in [-0.4, -0.2) is 21.6 Å². The quantitative estimate of drug-likeness (QED) is 0.671. The molecule has 1 saturated heterocycles. The van der Waals surface area contributed by atoms with Gasteiger partial charge in [-0.1, -0.05) is 18.8 Å². The van der Waals surface area contributed by atoms with Crippen LogP contribution in [0.1, 0.15) is 44.2 Å². The van der Waals surface area contributed by atoms with E-state index < -0.39 is 11.9 Å². The van der Waals surface area contributed by atoms with Crippen molar-refractivity contribution in [1.29, 1.82) is 0 Å². The lowest BCUT2D eigenvalue weighted by Gasteiger charge is -2.21. The molecular formula is C18H17N3O3. The van der Waals surface area contributed by atoms with E-state index in [-0.39, 0.29) is 24.3 Å². The smallest absolute Gasteiger partial charge is 0.275 e. The summed E-state index contributed by atoms with van der Waals surface area (Å²) >= 11 is 0. The number of hydrogen-bond acceptors (Lipinski definition) is 4. The Morgan fingerprint density at radius 2 is 2.17 bits per heavy atom. The number of amides is 2. The van der Waals surface area contributed by atoms with Gasteiger partial charge in [0.2, 0.25) is 5.91 Å². The maximum absolute atomic E-state index is 12.6. The molecule has 1 unspecified atom stereocenters. The van der Waals surface area contributed by atoms with E-state index >= 15 is 0 Å². The number of fused-ring (bicyclic) bond motifs is 1. The average Bonchev–Trinajstić information content (AvgIpc) is 2.56. The lowest BCUT2D eigenvalue weighted by Crippen LogP contribution is -2.45. The van der Waals surface area contributed by atoms with Gasteiger partial charge >= 0.3 is 0 Å². The van der Waals surface area contributed by atoms with Gasteiger partial charge in [-0.25, -0.2) is 4.68 Å². The predicted octanol–water partition coefficient (Wildman–Crippen LogP) is 1.53. The maximum atomic E-state index is 12.6. The van der Waals surface area contributed by atoms with E-state index in [9.17, 15) is 14.4 Å². The number of piperidine rings is 1. The molecule has 1 fully saturated rings. The first-order chi connectivity index (χ1) is 11.6. The van der Waals surface area contributed by atoms with E-state index in [0.717, 1.165) is 23.1 Å². The van der Waals surface area contributed by atoms with Crippen LogP contribution in [0, 0.1) is 11.8 Å². The fraction of sp³-hybridized carbons (Fsp3) is 0.333. The van der Waals surface area contributed by atoms with Crippen molar-refractivity contribution >= 4 is 22.6 Å². The Kier molecular flexibility index (Phi) is 4.43. The van der Waals surface area contributed by atoms with E-state index in [0.29, 0.717) is 10.8 Å². The molecule has 24 heavy (non-hydrogen) atoms. The lowest BCUT2D eigenvalue weighted by molar-refractivity contribution is -0.136. The third-order valence-electron chi connectivity index (χ3n) is 3.92. The van der Waals surface area contributed by atoms with Gasteiger partial charge in [0.1, 0.15) is 6.04 Å². The van der Waals surface area contributed by atoms with Gasteiger partial charge in [-0.3, -0.25) is 19.7 Å². The second kappa shape index (κ2) is 6.67. The molecule has 0 radical (unpaired) electrons. The predicted molar refractivity (Wildman–Crippen MR) is 89.2 cm³/mol. The van der Waals surface area contributed by atoms with E-state index in [1.54, 1.807) is 18.3 Å². The largest absolute Gasteiger partial charge is 0.295 e. The summed E-state index contributed by atoms with van der Waals surface area (Å²) in [5, 5.41) is 7.54. The number of aromatic nitrogens is 2. The molecule has 122 valence electrons. The van der Waals surface area contributed by atoms with Gasteiger partial charge in [0, 0.05) is 23.8 Å². The topological polar surface area (TPSA) is 81.1 Å². The highest BCUT2D eigenvalue weighted by Crippen LogP contribution is 2.17. The van der Waals surface area contributed by atoms with Crippen LogP contribution in [0.3, 0.4) is 0 Å². The Labute approximate surface area is 138 Å². The number of hydrogen-bond donors (Lipinski definition) is 1. The van der Waals surface area contributed by atoms with Gasteiger partial charge in [-0.2, -0.15) is 5.10 Å². The number of rotatable bonds is 2. The first-order valence-corrected chi connectivity index (χ1v) is 7.94. The van der Waals surface area contributed by atoms with Crippen LogP contribution in [0.4, 0.5) is 0 Å². The summed E-state index contributed by atoms with van der Waals surface area (Å²) in [6.45, 7) is 2.07. The summed E-state index contributed by atoms with van der Waals surface area (Å²) in [5.74, 6) is 5.32. The zero-order valence-corrected chi connectivity index (χ0v) is 13.3. The fourth-order valence-corrected chi connectivity index (χ4v) is 2.67. The van der Waals surface area contributed by atoms with Crippen molar-refractivity contribution in [3.8, 4) is 11.8 Å². The molecule has 0 bridgehead atoms. The second-order valence-electron chi connectivity index (χ2n) is 5.71. The Balaban J connectivity index is 1.99. The molecule has 2 heterocycles. The molecular weight excluding hydrogens is 306 g/mol. The van der Waals surface area contributed by atoms with E-state index in [4.69, 9.17) is 0 Å². The number of carbonyl (C=O) groups excluding carboxylic acids is 2. The van der Waals surface area contributed by atoms with Crippen molar-refractivity contribution in [2.45, 2.75) is 38.6 Å². The molecule has 0 aliphatic carbocycles. The highest BCUT2D eigenvalue weighted by molar-refractivity contribution is 5.99. The van der Waals surface area contributed by atoms with Crippen LogP contribution in [-0.2, 0) is 9.59 Å². The summed E-state index contributed by atoms with van der Waals surface area (Å²) in [7, 11) is 0. The normalized spacial score (nSPS) is 17.3. The number of nitrogens with one attached hydrogen (secondary N) is 1. The standard InChI is InChI=1S/C18H17N3O3/c1-2-3-4-5-12-6-7-14-13(10-12)11-19-21(18(14)24)15-8-9-16(22)20-17(15)23/h6-7,10-11,15H,2-3,8-9H2,1H3,(H,20,22,23). The van der Waals surface area contributed by atoms with Gasteiger partial charge in [0.15, 0.2) is 0 Å². The maximum Gasteiger partial charge on any atom is 0.275 e. The summed E-state index contributed by atoms with van der Waals surface area (Å²) in [4.78, 5) is 35.8. The second-order valence-corrected chi connectivity index (χ2v) is 5.71. The Morgan fingerprint density at radius 3 is 2.92 bits per heavy atom. The molecule has 3 rings (SSSR count). The highest BCUT2D eigenvalue weighted by Gasteiger charge is 2.29. The van der Waals surface area contributed by atoms with E-state index in [1.165, 1.54) is 0 Å². The van der Waals surface area contributed by atoms with Crippen molar-refractivity contribution in [2.75, 3.05) is 0 Å². The zero-order valence-electron chi connectivity index (χ0n) is 13.3. The summed E-state index contributed by atoms with van der Waals surface area (Å²) in [6.07, 6.45) is 3.87. The summed E-state index contributed by atoms with van der Waals surface area (Å²) < 4.78 is 1.16. The number of benzene rings is 1. The molecule has 1 aromatic carbocycles. The van der Waals surface area contributed by atoms with Gasteiger partial charge in [0.25, 0.3) is 11.5 Å². The lowest BCUT2D eigenvalue weighted by atomic mass is 10.1. The minimum Gasteiger partial charge on any atom is -0.295 e. The van der Waals surface area contributed by atoms with Crippen molar-refractivity contribution < 1.29 is 9.59 Å². The van der Waals surface area contributed by atoms with Crippen molar-refractivity contribution in [2.24, 2.45) is 0 Å². The average molecular weight is 323 g/mol. The molecule has 6 nitrogen and oxygen atoms in total. The van der Waals surface area contributed by atoms with Crippen molar-refractivity contribution in [3.63, 3.8) is 0 Å². The first-order valence-electron chi connectivity index (χ1n) is 7.94. The molecule has 1 aliphatic rings. The minimum atomic E-state index is -0.747. The number of nitrogens with zero attached hydrogens (tertiary/aromatic N) is 2. The minimum absolute atomic E-state index is 0.203. The highest BCUT2D eigenvalue weighted by atomic mass is 16.2. The molecule has 2 amide bonds. The van der Waals surface area contributed by atoms with E-state index in [2.05, 4.69) is 29.2 Å². The van der Waals surface area contributed by atoms with Crippen LogP contribution < -0.4 is 10.9 Å². The van der Waals surface area contributed by atoms with Crippen molar-refractivity contribution in [1.82, 2.24) is 15.1 Å². The molecule has 6 heteroatoms. The molecule has 1 atom stereocenters. The zero-order chi connectivity index (χ0) is 17.1. The van der Waals surface area contributed by atoms with Crippen LogP contribution >= 0.6 is 0 Å². The van der Waals surface area contributed by atoms with Gasteiger partial charge in [0.05, 0.1) is 11.6 Å². The van der Waals surface area contributed by atoms with Crippen molar-refractivity contribution in [3.05, 3.63) is 40.3 Å². The third-order valence-corrected chi connectivity index (χ3v) is 3.92. The van der Waals surface area contributed by atoms with Gasteiger partial charge in [-0.15, -0.1) is 0 Å². The van der Waals surface area contributed by atoms with Gasteiger partial charge in [-0.05, 0) is 31.0 Å². The number of imide groups is 1. The van der Waals surface area contributed by atoms with E-state index in [1.807, 2.05) is 6.07 Å². The van der Waals surface area contributed by atoms with Crippen LogP contribution in [0.2, 0.25) is 0 Å². The molecule has 0 spiro atoms. The first kappa shape index (κ1) is 15.9. The van der Waals surface area contributed by atoms with Crippen LogP contribution in [0.15, 0.2) is 29.2 Å². The molecule has 0 saturated carbocycles. The molecule has 2 aromatic rings. The monoisotopic (exact) mass is 323 g/mol. The number of carbonyl (C=O) groups is 2. The Bertz CT molecular complexity index is 934. The Morgan fingerprint density at radius 1 is 1.33 bits per heavy atom. The molecule has 1 N–H and O–H groups in total. The fourth-order valence-electron chi connectivity index (χ4n) is 2.67. The SMILES string of the molecule is CCCC#Cc1ccc2c(=O)n(C3CCC(=O)NC3=O)ncc2c1. The van der Waals surface area contributed by atoms with Gasteiger partial charge < -0.3 is 0 Å². The number of unbranched alkanes of at least 4 members (excludes halogenated alkanes) is 1. The third kappa shape index (κ3) is 3.06. The Hall–Kier alpha value is -2.94. The molecule has 1 aromatic heterocycles. The summed E-state index contributed by atoms with van der Waals surface area (Å²) in [5.41, 5.74) is 0.492. The summed E-state index contributed by atoms with van der Waals surface area (Å²) in [6, 6.07) is 4.57. The molecule has 1 aliphatic heterocycles.